The summed E-state index contributed by atoms with van der Waals surface area (Å²) in [5.74, 6) is 1.46. The summed E-state index contributed by atoms with van der Waals surface area (Å²) in [5, 5.41) is 0. The molecule has 100 valence electrons. The Morgan fingerprint density at radius 1 is 1.44 bits per heavy atom. The molecule has 0 saturated carbocycles. The minimum Gasteiger partial charge on any atom is -0.383 e. The van der Waals surface area contributed by atoms with Gasteiger partial charge in [0.25, 0.3) is 0 Å². The average Bonchev–Trinajstić information content (AvgIpc) is 2.34. The van der Waals surface area contributed by atoms with Gasteiger partial charge in [0, 0.05) is 33.9 Å². The number of aromatic nitrogens is 2. The van der Waals surface area contributed by atoms with E-state index in [4.69, 9.17) is 4.74 Å². The van der Waals surface area contributed by atoms with Gasteiger partial charge < -0.3 is 14.5 Å². The third-order valence-corrected chi connectivity index (χ3v) is 2.48. The molecule has 1 rings (SSSR count). The van der Waals surface area contributed by atoms with E-state index in [9.17, 15) is 4.79 Å². The number of carbonyl (C=O) groups excluding carboxylic acids is 1. The number of aryl methyl sites for hydroxylation is 1. The Bertz CT molecular complexity index is 395. The molecule has 6 heteroatoms. The lowest BCUT2D eigenvalue weighted by Gasteiger charge is -2.24. The van der Waals surface area contributed by atoms with Gasteiger partial charge in [0.15, 0.2) is 0 Å². The summed E-state index contributed by atoms with van der Waals surface area (Å²) >= 11 is 0. The average molecular weight is 252 g/mol. The number of rotatable bonds is 6. The van der Waals surface area contributed by atoms with Gasteiger partial charge in [-0.3, -0.25) is 4.79 Å². The molecule has 0 spiro atoms. The van der Waals surface area contributed by atoms with Crippen LogP contribution in [0.25, 0.3) is 0 Å². The number of hydrogen-bond acceptors (Lipinski definition) is 5. The summed E-state index contributed by atoms with van der Waals surface area (Å²) in [6, 6.07) is 1.80. The van der Waals surface area contributed by atoms with Crippen molar-refractivity contribution in [3.8, 4) is 0 Å². The highest BCUT2D eigenvalue weighted by molar-refractivity contribution is 5.80. The van der Waals surface area contributed by atoms with Crippen molar-refractivity contribution in [3.05, 3.63) is 18.1 Å². The van der Waals surface area contributed by atoms with E-state index in [1.807, 2.05) is 11.8 Å². The van der Waals surface area contributed by atoms with Gasteiger partial charge in [-0.05, 0) is 13.0 Å². The van der Waals surface area contributed by atoms with Gasteiger partial charge in [0.05, 0.1) is 13.2 Å². The Balaban J connectivity index is 2.80. The van der Waals surface area contributed by atoms with E-state index in [0.29, 0.717) is 19.0 Å². The zero-order valence-corrected chi connectivity index (χ0v) is 11.4. The molecule has 1 aromatic heterocycles. The fraction of sp³-hybridized carbons (Fsp3) is 0.583. The maximum absolute atomic E-state index is 11.8. The first-order valence-electron chi connectivity index (χ1n) is 5.78. The Kier molecular flexibility index (Phi) is 5.51. The predicted molar refractivity (Wildman–Crippen MR) is 69.6 cm³/mol. The largest absolute Gasteiger partial charge is 0.383 e. The number of anilines is 1. The van der Waals surface area contributed by atoms with E-state index >= 15 is 0 Å². The molecule has 0 aliphatic rings. The predicted octanol–water partition coefficient (Wildman–Crippen LogP) is 0.326. The van der Waals surface area contributed by atoms with Crippen LogP contribution in [0.4, 0.5) is 5.82 Å². The Morgan fingerprint density at radius 3 is 2.72 bits per heavy atom. The molecular weight excluding hydrogens is 232 g/mol. The standard InChI is InChI=1S/C12H20N4O2/c1-10-13-6-5-11(14-10)16(7-8-18-4)9-12(17)15(2)3/h5-6H,7-9H2,1-4H3. The summed E-state index contributed by atoms with van der Waals surface area (Å²) < 4.78 is 5.06. The van der Waals surface area contributed by atoms with Crippen molar-refractivity contribution in [2.24, 2.45) is 0 Å². The molecule has 18 heavy (non-hydrogen) atoms. The lowest BCUT2D eigenvalue weighted by molar-refractivity contribution is -0.127. The van der Waals surface area contributed by atoms with E-state index in [1.165, 1.54) is 0 Å². The van der Waals surface area contributed by atoms with Gasteiger partial charge >= 0.3 is 0 Å². The molecule has 0 saturated heterocycles. The first kappa shape index (κ1) is 14.4. The SMILES string of the molecule is COCCN(CC(=O)N(C)C)c1ccnc(C)n1. The maximum atomic E-state index is 11.8. The van der Waals surface area contributed by atoms with E-state index in [0.717, 1.165) is 5.82 Å². The number of nitrogens with zero attached hydrogens (tertiary/aromatic N) is 4. The van der Waals surface area contributed by atoms with Crippen LogP contribution in [-0.2, 0) is 9.53 Å². The van der Waals surface area contributed by atoms with Crippen LogP contribution in [-0.4, -0.2) is 61.7 Å². The van der Waals surface area contributed by atoms with Crippen molar-refractivity contribution in [2.45, 2.75) is 6.92 Å². The topological polar surface area (TPSA) is 58.6 Å². The highest BCUT2D eigenvalue weighted by atomic mass is 16.5. The number of likely N-dealkylation sites (N-methyl/N-ethyl adjacent to an activating group) is 1. The third kappa shape index (κ3) is 4.29. The highest BCUT2D eigenvalue weighted by Gasteiger charge is 2.14. The molecule has 0 fully saturated rings. The molecule has 1 aromatic rings. The summed E-state index contributed by atoms with van der Waals surface area (Å²) in [6.07, 6.45) is 1.69. The highest BCUT2D eigenvalue weighted by Crippen LogP contribution is 2.09. The van der Waals surface area contributed by atoms with Crippen molar-refractivity contribution in [1.82, 2.24) is 14.9 Å². The Hall–Kier alpha value is -1.69. The number of ether oxygens (including phenoxy) is 1. The fourth-order valence-corrected chi connectivity index (χ4v) is 1.40. The normalized spacial score (nSPS) is 10.2. The van der Waals surface area contributed by atoms with Crippen LogP contribution in [0.5, 0.6) is 0 Å². The first-order chi connectivity index (χ1) is 8.54. The van der Waals surface area contributed by atoms with Gasteiger partial charge in [0.1, 0.15) is 11.6 Å². The molecule has 0 bridgehead atoms. The van der Waals surface area contributed by atoms with E-state index in [-0.39, 0.29) is 12.5 Å². The molecule has 0 aromatic carbocycles. The summed E-state index contributed by atoms with van der Waals surface area (Å²) in [6.45, 7) is 3.27. The van der Waals surface area contributed by atoms with E-state index < -0.39 is 0 Å². The van der Waals surface area contributed by atoms with Crippen molar-refractivity contribution in [3.63, 3.8) is 0 Å². The van der Waals surface area contributed by atoms with Gasteiger partial charge in [-0.15, -0.1) is 0 Å². The molecule has 6 nitrogen and oxygen atoms in total. The van der Waals surface area contributed by atoms with Gasteiger partial charge in [0.2, 0.25) is 5.91 Å². The summed E-state index contributed by atoms with van der Waals surface area (Å²) in [4.78, 5) is 23.6. The van der Waals surface area contributed by atoms with Gasteiger partial charge in [-0.25, -0.2) is 9.97 Å². The summed E-state index contributed by atoms with van der Waals surface area (Å²) in [5.41, 5.74) is 0. The molecule has 0 aliphatic carbocycles. The maximum Gasteiger partial charge on any atom is 0.241 e. The minimum atomic E-state index is 0.0300. The van der Waals surface area contributed by atoms with Crippen LogP contribution in [0.1, 0.15) is 5.82 Å². The number of carbonyl (C=O) groups is 1. The van der Waals surface area contributed by atoms with Gasteiger partial charge in [-0.2, -0.15) is 0 Å². The van der Waals surface area contributed by atoms with Crippen LogP contribution < -0.4 is 4.90 Å². The molecule has 1 amide bonds. The van der Waals surface area contributed by atoms with Gasteiger partial charge in [-0.1, -0.05) is 0 Å². The zero-order chi connectivity index (χ0) is 13.5. The molecule has 0 N–H and O–H groups in total. The second-order valence-electron chi connectivity index (χ2n) is 4.16. The van der Waals surface area contributed by atoms with Crippen LogP contribution >= 0.6 is 0 Å². The lowest BCUT2D eigenvalue weighted by Crippen LogP contribution is -2.38. The van der Waals surface area contributed by atoms with Crippen molar-refractivity contribution >= 4 is 11.7 Å². The number of amides is 1. The van der Waals surface area contributed by atoms with Crippen LogP contribution in [0.3, 0.4) is 0 Å². The Labute approximate surface area is 108 Å². The van der Waals surface area contributed by atoms with Crippen LogP contribution in [0, 0.1) is 6.92 Å². The van der Waals surface area contributed by atoms with Crippen molar-refractivity contribution in [2.75, 3.05) is 45.8 Å². The lowest BCUT2D eigenvalue weighted by atomic mass is 10.4. The quantitative estimate of drug-likeness (QED) is 0.730. The second kappa shape index (κ2) is 6.90. The van der Waals surface area contributed by atoms with Crippen molar-refractivity contribution in [1.29, 1.82) is 0 Å². The fourth-order valence-electron chi connectivity index (χ4n) is 1.40. The molecule has 0 atom stereocenters. The smallest absolute Gasteiger partial charge is 0.241 e. The first-order valence-corrected chi connectivity index (χ1v) is 5.78. The van der Waals surface area contributed by atoms with E-state index in [2.05, 4.69) is 9.97 Å². The minimum absolute atomic E-state index is 0.0300. The van der Waals surface area contributed by atoms with Crippen LogP contribution in [0.15, 0.2) is 12.3 Å². The van der Waals surface area contributed by atoms with Crippen LogP contribution in [0.2, 0.25) is 0 Å². The molecule has 0 aliphatic heterocycles. The van der Waals surface area contributed by atoms with Crippen molar-refractivity contribution < 1.29 is 9.53 Å². The Morgan fingerprint density at radius 2 is 2.17 bits per heavy atom. The monoisotopic (exact) mass is 252 g/mol. The molecule has 1 heterocycles. The third-order valence-electron chi connectivity index (χ3n) is 2.48. The molecule has 0 radical (unpaired) electrons. The summed E-state index contributed by atoms with van der Waals surface area (Å²) in [7, 11) is 5.11. The second-order valence-corrected chi connectivity index (χ2v) is 4.16. The van der Waals surface area contributed by atoms with E-state index in [1.54, 1.807) is 38.4 Å². The molecular formula is C12H20N4O2. The zero-order valence-electron chi connectivity index (χ0n) is 11.4. The molecule has 0 unspecified atom stereocenters. The number of hydrogen-bond donors (Lipinski definition) is 0. The number of methoxy groups -OCH3 is 1.